The van der Waals surface area contributed by atoms with E-state index in [4.69, 9.17) is 4.74 Å². The van der Waals surface area contributed by atoms with Crippen LogP contribution >= 0.6 is 0 Å². The van der Waals surface area contributed by atoms with Crippen LogP contribution in [0.2, 0.25) is 0 Å². The summed E-state index contributed by atoms with van der Waals surface area (Å²) in [5.74, 6) is 1.45. The second-order valence-electron chi connectivity index (χ2n) is 5.97. The van der Waals surface area contributed by atoms with Crippen LogP contribution in [0.1, 0.15) is 44.6 Å². The molecule has 1 heterocycles. The van der Waals surface area contributed by atoms with Crippen molar-refractivity contribution in [3.8, 4) is 5.75 Å². The van der Waals surface area contributed by atoms with Gasteiger partial charge in [0.15, 0.2) is 0 Å². The molecule has 3 nitrogen and oxygen atoms in total. The molecule has 1 amide bonds. The number of hydrogen-bond acceptors (Lipinski definition) is 2. The van der Waals surface area contributed by atoms with Crippen LogP contribution in [0.4, 0.5) is 0 Å². The van der Waals surface area contributed by atoms with Crippen LogP contribution in [-0.2, 0) is 4.79 Å². The number of amides is 1. The van der Waals surface area contributed by atoms with Gasteiger partial charge in [0, 0.05) is 25.1 Å². The van der Waals surface area contributed by atoms with Crippen molar-refractivity contribution >= 4 is 5.91 Å². The van der Waals surface area contributed by atoms with E-state index in [1.54, 1.807) is 13.2 Å². The summed E-state index contributed by atoms with van der Waals surface area (Å²) in [4.78, 5) is 14.3. The Labute approximate surface area is 127 Å². The minimum absolute atomic E-state index is 0.149. The van der Waals surface area contributed by atoms with Gasteiger partial charge in [0.05, 0.1) is 7.11 Å². The minimum Gasteiger partial charge on any atom is -0.497 e. The molecule has 0 saturated carbocycles. The van der Waals surface area contributed by atoms with E-state index in [9.17, 15) is 4.79 Å². The van der Waals surface area contributed by atoms with Gasteiger partial charge in [-0.1, -0.05) is 24.1 Å². The molecule has 0 bridgehead atoms. The van der Waals surface area contributed by atoms with Crippen molar-refractivity contribution < 1.29 is 9.53 Å². The summed E-state index contributed by atoms with van der Waals surface area (Å²) in [6.45, 7) is 5.62. The maximum absolute atomic E-state index is 12.3. The molecule has 1 atom stereocenters. The molecular weight excluding hydrogens is 262 g/mol. The number of nitrogens with zero attached hydrogens (tertiary/aromatic N) is 1. The number of methoxy groups -OCH3 is 1. The lowest BCUT2D eigenvalue weighted by atomic mass is 9.94. The molecular formula is C18H25NO2. The van der Waals surface area contributed by atoms with Gasteiger partial charge in [0.25, 0.3) is 0 Å². The third-order valence-corrected chi connectivity index (χ3v) is 3.98. The van der Waals surface area contributed by atoms with E-state index in [-0.39, 0.29) is 5.91 Å². The Hall–Kier alpha value is -1.77. The fraction of sp³-hybridized carbons (Fsp3) is 0.500. The van der Waals surface area contributed by atoms with Gasteiger partial charge in [-0.25, -0.2) is 0 Å². The largest absolute Gasteiger partial charge is 0.497 e. The summed E-state index contributed by atoms with van der Waals surface area (Å²) in [6, 6.07) is 8.25. The first-order valence-corrected chi connectivity index (χ1v) is 7.68. The van der Waals surface area contributed by atoms with Gasteiger partial charge in [-0.2, -0.15) is 0 Å². The first-order chi connectivity index (χ1) is 10.1. The standard InChI is InChI=1S/C18H25NO2/c1-14(2)12-18(20)19-11-5-4-6-16(13-19)15-7-9-17(21-3)10-8-15/h7-10,12,16H,4-6,11,13H2,1-3H3. The van der Waals surface area contributed by atoms with Crippen molar-refractivity contribution in [2.24, 2.45) is 0 Å². The van der Waals surface area contributed by atoms with Crippen molar-refractivity contribution in [1.29, 1.82) is 0 Å². The molecule has 1 fully saturated rings. The summed E-state index contributed by atoms with van der Waals surface area (Å²) >= 11 is 0. The van der Waals surface area contributed by atoms with Crippen LogP contribution in [0.3, 0.4) is 0 Å². The van der Waals surface area contributed by atoms with Gasteiger partial charge in [-0.15, -0.1) is 0 Å². The monoisotopic (exact) mass is 287 g/mol. The summed E-state index contributed by atoms with van der Waals surface area (Å²) in [5, 5.41) is 0. The van der Waals surface area contributed by atoms with Gasteiger partial charge in [0.1, 0.15) is 5.75 Å². The van der Waals surface area contributed by atoms with Crippen LogP contribution < -0.4 is 4.74 Å². The van der Waals surface area contributed by atoms with Crippen LogP contribution in [0.25, 0.3) is 0 Å². The van der Waals surface area contributed by atoms with Crippen LogP contribution in [0, 0.1) is 0 Å². The SMILES string of the molecule is COc1ccc(C2CCCCN(C(=O)C=C(C)C)C2)cc1. The van der Waals surface area contributed by atoms with Crippen LogP contribution in [-0.4, -0.2) is 31.0 Å². The Bertz CT molecular complexity index is 500. The summed E-state index contributed by atoms with van der Waals surface area (Å²) in [6.07, 6.45) is 5.16. The molecule has 0 N–H and O–H groups in total. The first kappa shape index (κ1) is 15.6. The molecule has 114 valence electrons. The van der Waals surface area contributed by atoms with E-state index in [0.717, 1.165) is 37.3 Å². The van der Waals surface area contributed by atoms with Gasteiger partial charge in [-0.3, -0.25) is 4.79 Å². The predicted molar refractivity (Wildman–Crippen MR) is 85.6 cm³/mol. The number of rotatable bonds is 3. The lowest BCUT2D eigenvalue weighted by molar-refractivity contribution is -0.126. The third-order valence-electron chi connectivity index (χ3n) is 3.98. The van der Waals surface area contributed by atoms with E-state index in [0.29, 0.717) is 5.92 Å². The molecule has 1 aliphatic rings. The highest BCUT2D eigenvalue weighted by Gasteiger charge is 2.22. The average molecular weight is 287 g/mol. The second kappa shape index (κ2) is 7.30. The molecule has 0 spiro atoms. The van der Waals surface area contributed by atoms with Crippen molar-refractivity contribution in [2.45, 2.75) is 39.0 Å². The highest BCUT2D eigenvalue weighted by Crippen LogP contribution is 2.28. The zero-order valence-electron chi connectivity index (χ0n) is 13.3. The first-order valence-electron chi connectivity index (χ1n) is 7.68. The fourth-order valence-corrected chi connectivity index (χ4v) is 2.83. The number of ether oxygens (including phenoxy) is 1. The summed E-state index contributed by atoms with van der Waals surface area (Å²) in [5.41, 5.74) is 2.36. The van der Waals surface area contributed by atoms with E-state index >= 15 is 0 Å². The maximum atomic E-state index is 12.3. The Kier molecular flexibility index (Phi) is 5.43. The van der Waals surface area contributed by atoms with Crippen molar-refractivity contribution in [3.63, 3.8) is 0 Å². The number of likely N-dealkylation sites (tertiary alicyclic amines) is 1. The quantitative estimate of drug-likeness (QED) is 0.792. The van der Waals surface area contributed by atoms with E-state index in [2.05, 4.69) is 12.1 Å². The summed E-state index contributed by atoms with van der Waals surface area (Å²) < 4.78 is 5.21. The lowest BCUT2D eigenvalue weighted by Gasteiger charge is -2.24. The molecule has 1 aromatic carbocycles. The normalized spacial score (nSPS) is 18.8. The highest BCUT2D eigenvalue weighted by atomic mass is 16.5. The highest BCUT2D eigenvalue weighted by molar-refractivity contribution is 5.88. The maximum Gasteiger partial charge on any atom is 0.246 e. The van der Waals surface area contributed by atoms with Crippen molar-refractivity contribution in [2.75, 3.05) is 20.2 Å². The summed E-state index contributed by atoms with van der Waals surface area (Å²) in [7, 11) is 1.68. The number of hydrogen-bond donors (Lipinski definition) is 0. The Morgan fingerprint density at radius 2 is 1.95 bits per heavy atom. The van der Waals surface area contributed by atoms with E-state index < -0.39 is 0 Å². The zero-order chi connectivity index (χ0) is 15.2. The molecule has 0 radical (unpaired) electrons. The fourth-order valence-electron chi connectivity index (χ4n) is 2.83. The molecule has 0 aromatic heterocycles. The van der Waals surface area contributed by atoms with Gasteiger partial charge in [0.2, 0.25) is 5.91 Å². The number of carbonyl (C=O) groups excluding carboxylic acids is 1. The minimum atomic E-state index is 0.149. The topological polar surface area (TPSA) is 29.5 Å². The molecule has 1 saturated heterocycles. The van der Waals surface area contributed by atoms with Crippen LogP contribution in [0.5, 0.6) is 5.75 Å². The molecule has 2 rings (SSSR count). The zero-order valence-corrected chi connectivity index (χ0v) is 13.3. The number of allylic oxidation sites excluding steroid dienone is 1. The average Bonchev–Trinajstić information content (AvgIpc) is 2.73. The van der Waals surface area contributed by atoms with E-state index in [1.807, 2.05) is 30.9 Å². The van der Waals surface area contributed by atoms with Crippen molar-refractivity contribution in [1.82, 2.24) is 4.90 Å². The molecule has 1 aliphatic heterocycles. The predicted octanol–water partition coefficient (Wildman–Crippen LogP) is 3.76. The smallest absolute Gasteiger partial charge is 0.246 e. The molecule has 1 unspecified atom stereocenters. The second-order valence-corrected chi connectivity index (χ2v) is 5.97. The molecule has 0 aliphatic carbocycles. The third kappa shape index (κ3) is 4.35. The van der Waals surface area contributed by atoms with Gasteiger partial charge < -0.3 is 9.64 Å². The Morgan fingerprint density at radius 3 is 2.57 bits per heavy atom. The number of benzene rings is 1. The van der Waals surface area contributed by atoms with Gasteiger partial charge >= 0.3 is 0 Å². The molecule has 21 heavy (non-hydrogen) atoms. The van der Waals surface area contributed by atoms with Crippen LogP contribution in [0.15, 0.2) is 35.9 Å². The lowest BCUT2D eigenvalue weighted by Crippen LogP contribution is -2.32. The molecule has 1 aromatic rings. The Morgan fingerprint density at radius 1 is 1.24 bits per heavy atom. The van der Waals surface area contributed by atoms with Crippen molar-refractivity contribution in [3.05, 3.63) is 41.5 Å². The van der Waals surface area contributed by atoms with Gasteiger partial charge in [-0.05, 0) is 44.4 Å². The number of carbonyl (C=O) groups is 1. The van der Waals surface area contributed by atoms with E-state index in [1.165, 1.54) is 12.0 Å². The Balaban J connectivity index is 2.11. The molecule has 3 heteroatoms.